The number of rotatable bonds is 5. The van der Waals surface area contributed by atoms with E-state index in [4.69, 9.17) is 0 Å². The van der Waals surface area contributed by atoms with Crippen molar-refractivity contribution in [3.63, 3.8) is 0 Å². The Balaban J connectivity index is 1.95. The molecule has 7 heteroatoms. The molecule has 0 aliphatic carbocycles. The molecule has 0 spiro atoms. The topological polar surface area (TPSA) is 72.7 Å². The molecule has 94 valence electrons. The average Bonchev–Trinajstić information content (AvgIpc) is 2.95. The second kappa shape index (κ2) is 5.54. The van der Waals surface area contributed by atoms with Crippen LogP contribution >= 0.6 is 11.3 Å². The summed E-state index contributed by atoms with van der Waals surface area (Å²) in [5.74, 6) is 0.380. The van der Waals surface area contributed by atoms with E-state index >= 15 is 0 Å². The Morgan fingerprint density at radius 3 is 3.11 bits per heavy atom. The molecule has 0 aliphatic rings. The van der Waals surface area contributed by atoms with Gasteiger partial charge in [-0.2, -0.15) is 4.80 Å². The number of carbonyl (C=O) groups excluding carboxylic acids is 1. The molecular weight excluding hydrogens is 250 g/mol. The molecule has 0 aliphatic heterocycles. The van der Waals surface area contributed by atoms with E-state index in [2.05, 4.69) is 27.3 Å². The molecule has 2 aromatic rings. The molecule has 0 aromatic carbocycles. The number of aromatic nitrogens is 4. The number of hydrogen-bond donors (Lipinski definition) is 1. The number of nitrogens with zero attached hydrogens (tertiary/aromatic N) is 4. The monoisotopic (exact) mass is 263 g/mol. The van der Waals surface area contributed by atoms with E-state index in [0.29, 0.717) is 12.4 Å². The fourth-order valence-electron chi connectivity index (χ4n) is 1.25. The van der Waals surface area contributed by atoms with Gasteiger partial charge in [-0.05, 0) is 23.6 Å². The smallest absolute Gasteiger partial charge is 0.243 e. The van der Waals surface area contributed by atoms with Crippen LogP contribution in [0.1, 0.15) is 6.92 Å². The van der Waals surface area contributed by atoms with E-state index in [9.17, 15) is 4.79 Å². The number of thiophene rings is 1. The van der Waals surface area contributed by atoms with Crippen LogP contribution in [-0.4, -0.2) is 32.7 Å². The van der Waals surface area contributed by atoms with Crippen LogP contribution < -0.4 is 5.32 Å². The summed E-state index contributed by atoms with van der Waals surface area (Å²) >= 11 is 1.53. The fraction of sp³-hybridized carbons (Fsp3) is 0.273. The summed E-state index contributed by atoms with van der Waals surface area (Å²) in [6, 6.07) is 3.83. The van der Waals surface area contributed by atoms with Crippen LogP contribution in [0.2, 0.25) is 0 Å². The predicted molar refractivity (Wildman–Crippen MR) is 69.0 cm³/mol. The highest BCUT2D eigenvalue weighted by molar-refractivity contribution is 7.13. The highest BCUT2D eigenvalue weighted by Crippen LogP contribution is 2.19. The fourth-order valence-corrected chi connectivity index (χ4v) is 1.90. The zero-order valence-corrected chi connectivity index (χ0v) is 10.8. The Kier molecular flexibility index (Phi) is 3.83. The minimum Gasteiger partial charge on any atom is -0.351 e. The summed E-state index contributed by atoms with van der Waals surface area (Å²) in [5.41, 5.74) is 0.897. The maximum absolute atomic E-state index is 11.5. The molecule has 0 bridgehead atoms. The molecule has 0 fully saturated rings. The summed E-state index contributed by atoms with van der Waals surface area (Å²) in [7, 11) is 0. The molecule has 0 atom stereocenters. The summed E-state index contributed by atoms with van der Waals surface area (Å²) in [6.07, 6.45) is 0. The molecule has 0 saturated heterocycles. The van der Waals surface area contributed by atoms with Crippen molar-refractivity contribution < 1.29 is 4.79 Å². The van der Waals surface area contributed by atoms with Gasteiger partial charge < -0.3 is 5.32 Å². The minimum absolute atomic E-state index is 0.0612. The second-order valence-corrected chi connectivity index (χ2v) is 4.80. The molecule has 6 nitrogen and oxygen atoms in total. The van der Waals surface area contributed by atoms with Crippen LogP contribution in [0.5, 0.6) is 0 Å². The third-order valence-electron chi connectivity index (χ3n) is 2.07. The van der Waals surface area contributed by atoms with Gasteiger partial charge in [-0.25, -0.2) is 0 Å². The van der Waals surface area contributed by atoms with Gasteiger partial charge in [0, 0.05) is 6.54 Å². The zero-order valence-electron chi connectivity index (χ0n) is 9.96. The van der Waals surface area contributed by atoms with E-state index in [-0.39, 0.29) is 12.5 Å². The van der Waals surface area contributed by atoms with E-state index in [0.717, 1.165) is 10.5 Å². The van der Waals surface area contributed by atoms with Gasteiger partial charge in [-0.15, -0.1) is 21.5 Å². The van der Waals surface area contributed by atoms with Crippen LogP contribution in [-0.2, 0) is 11.3 Å². The molecule has 2 aromatic heterocycles. The molecule has 0 saturated carbocycles. The third kappa shape index (κ3) is 3.24. The summed E-state index contributed by atoms with van der Waals surface area (Å²) in [6.45, 7) is 6.08. The van der Waals surface area contributed by atoms with Crippen molar-refractivity contribution >= 4 is 17.2 Å². The maximum atomic E-state index is 11.5. The van der Waals surface area contributed by atoms with Crippen LogP contribution in [0, 0.1) is 0 Å². The van der Waals surface area contributed by atoms with E-state index in [1.165, 1.54) is 16.1 Å². The van der Waals surface area contributed by atoms with Crippen molar-refractivity contribution in [3.05, 3.63) is 29.7 Å². The molecule has 1 N–H and O–H groups in total. The summed E-state index contributed by atoms with van der Waals surface area (Å²) < 4.78 is 0. The third-order valence-corrected chi connectivity index (χ3v) is 2.93. The van der Waals surface area contributed by atoms with E-state index in [1.54, 1.807) is 0 Å². The van der Waals surface area contributed by atoms with Gasteiger partial charge in [0.2, 0.25) is 11.7 Å². The molecule has 0 unspecified atom stereocenters. The number of amides is 1. The van der Waals surface area contributed by atoms with Gasteiger partial charge in [0.15, 0.2) is 0 Å². The average molecular weight is 263 g/mol. The number of nitrogens with one attached hydrogen (secondary N) is 1. The van der Waals surface area contributed by atoms with E-state index in [1.807, 2.05) is 24.4 Å². The number of tetrazole rings is 1. The lowest BCUT2D eigenvalue weighted by molar-refractivity contribution is -0.121. The van der Waals surface area contributed by atoms with Crippen molar-refractivity contribution in [3.8, 4) is 10.7 Å². The lowest BCUT2D eigenvalue weighted by Crippen LogP contribution is -2.29. The molecule has 0 radical (unpaired) electrons. The van der Waals surface area contributed by atoms with Crippen molar-refractivity contribution in [2.75, 3.05) is 6.54 Å². The quantitative estimate of drug-likeness (QED) is 0.820. The van der Waals surface area contributed by atoms with Crippen molar-refractivity contribution in [2.45, 2.75) is 13.5 Å². The van der Waals surface area contributed by atoms with Gasteiger partial charge >= 0.3 is 0 Å². The van der Waals surface area contributed by atoms with Crippen LogP contribution in [0.25, 0.3) is 10.7 Å². The molecule has 1 amide bonds. The molecule has 2 heterocycles. The number of hydrogen-bond acceptors (Lipinski definition) is 5. The Hall–Kier alpha value is -2.02. The van der Waals surface area contributed by atoms with Gasteiger partial charge in [0.05, 0.1) is 4.88 Å². The largest absolute Gasteiger partial charge is 0.351 e. The lowest BCUT2D eigenvalue weighted by Gasteiger charge is -2.02. The van der Waals surface area contributed by atoms with Crippen LogP contribution in [0.4, 0.5) is 0 Å². The number of carbonyl (C=O) groups is 1. The zero-order chi connectivity index (χ0) is 13.0. The Labute approximate surface area is 108 Å². The van der Waals surface area contributed by atoms with Crippen molar-refractivity contribution in [2.24, 2.45) is 0 Å². The highest BCUT2D eigenvalue weighted by Gasteiger charge is 2.09. The van der Waals surface area contributed by atoms with E-state index < -0.39 is 0 Å². The summed E-state index contributed by atoms with van der Waals surface area (Å²) in [5, 5.41) is 16.5. The lowest BCUT2D eigenvalue weighted by atomic mass is 10.3. The highest BCUT2D eigenvalue weighted by atomic mass is 32.1. The van der Waals surface area contributed by atoms with Gasteiger partial charge in [-0.3, -0.25) is 4.79 Å². The van der Waals surface area contributed by atoms with Crippen molar-refractivity contribution in [1.29, 1.82) is 0 Å². The predicted octanol–water partition coefficient (Wildman–Crippen LogP) is 1.09. The molecule has 18 heavy (non-hydrogen) atoms. The standard InChI is InChI=1S/C11H13N5OS/c1-8(2)6-12-10(17)7-16-14-11(13-15-16)9-4-3-5-18-9/h3-5H,1,6-7H2,2H3,(H,12,17). The first-order valence-corrected chi connectivity index (χ1v) is 6.26. The first kappa shape index (κ1) is 12.4. The van der Waals surface area contributed by atoms with Crippen LogP contribution in [0.15, 0.2) is 29.7 Å². The minimum atomic E-state index is -0.159. The maximum Gasteiger partial charge on any atom is 0.243 e. The molecular formula is C11H13N5OS. The van der Waals surface area contributed by atoms with Gasteiger partial charge in [0.25, 0.3) is 0 Å². The Morgan fingerprint density at radius 1 is 1.61 bits per heavy atom. The SMILES string of the molecule is C=C(C)CNC(=O)Cn1nnc(-c2cccs2)n1. The molecule has 2 rings (SSSR count). The summed E-state index contributed by atoms with van der Waals surface area (Å²) in [4.78, 5) is 13.7. The Morgan fingerprint density at radius 2 is 2.44 bits per heavy atom. The van der Waals surface area contributed by atoms with Gasteiger partial charge in [0.1, 0.15) is 6.54 Å². The second-order valence-electron chi connectivity index (χ2n) is 3.85. The first-order chi connectivity index (χ1) is 8.65. The van der Waals surface area contributed by atoms with Gasteiger partial charge in [-0.1, -0.05) is 18.2 Å². The Bertz CT molecular complexity index is 546. The van der Waals surface area contributed by atoms with Crippen molar-refractivity contribution in [1.82, 2.24) is 25.5 Å². The normalized spacial score (nSPS) is 10.3. The first-order valence-electron chi connectivity index (χ1n) is 5.38. The van der Waals surface area contributed by atoms with Crippen LogP contribution in [0.3, 0.4) is 0 Å².